The number of aliphatic hydroxyl groups is 1. The number of halogens is 1. The van der Waals surface area contributed by atoms with Crippen LogP contribution in [0.25, 0.3) is 0 Å². The Bertz CT molecular complexity index is 286. The van der Waals surface area contributed by atoms with E-state index in [2.05, 4.69) is 0 Å². The zero-order valence-electron chi connectivity index (χ0n) is 8.76. The van der Waals surface area contributed by atoms with Gasteiger partial charge in [0.15, 0.2) is 0 Å². The third-order valence-electron chi connectivity index (χ3n) is 2.47. The topological polar surface area (TPSA) is 46.5 Å². The average Bonchev–Trinajstić information content (AvgIpc) is 2.20. The number of aliphatic hydroxyl groups excluding tert-OH is 1. The van der Waals surface area contributed by atoms with Gasteiger partial charge in [0.25, 0.3) is 0 Å². The van der Waals surface area contributed by atoms with Crippen molar-refractivity contribution in [3.63, 3.8) is 0 Å². The van der Waals surface area contributed by atoms with Crippen LogP contribution in [0.15, 0.2) is 24.3 Å². The van der Waals surface area contributed by atoms with Crippen LogP contribution in [-0.2, 0) is 9.53 Å². The Kier molecular flexibility index (Phi) is 4.36. The third-order valence-corrected chi connectivity index (χ3v) is 3.01. The lowest BCUT2D eigenvalue weighted by molar-refractivity contribution is -0.144. The van der Waals surface area contributed by atoms with E-state index in [0.717, 1.165) is 0 Å². The molecule has 0 aromatic rings. The van der Waals surface area contributed by atoms with Gasteiger partial charge < -0.3 is 9.84 Å². The highest BCUT2D eigenvalue weighted by atomic mass is 35.5. The van der Waals surface area contributed by atoms with Crippen molar-refractivity contribution in [2.45, 2.75) is 31.4 Å². The normalized spacial score (nSPS) is 37.5. The smallest absolute Gasteiger partial charge is 0.330 e. The first-order valence-corrected chi connectivity index (χ1v) is 5.33. The highest BCUT2D eigenvalue weighted by Crippen LogP contribution is 2.19. The van der Waals surface area contributed by atoms with Crippen LogP contribution < -0.4 is 0 Å². The summed E-state index contributed by atoms with van der Waals surface area (Å²) in [7, 11) is 0. The molecule has 1 N–H and O–H groups in total. The second-order valence-electron chi connectivity index (χ2n) is 3.68. The zero-order valence-corrected chi connectivity index (χ0v) is 9.52. The van der Waals surface area contributed by atoms with E-state index in [4.69, 9.17) is 16.3 Å². The average molecular weight is 231 g/mol. The molecule has 0 aromatic heterocycles. The predicted molar refractivity (Wildman–Crippen MR) is 58.6 cm³/mol. The molecule has 0 aromatic carbocycles. The number of hydrogen-bond acceptors (Lipinski definition) is 3. The first-order valence-electron chi connectivity index (χ1n) is 4.90. The molecule has 1 heterocycles. The van der Waals surface area contributed by atoms with Crippen LogP contribution in [0.2, 0.25) is 0 Å². The van der Waals surface area contributed by atoms with Crippen molar-refractivity contribution in [3.05, 3.63) is 24.3 Å². The van der Waals surface area contributed by atoms with Crippen LogP contribution in [0, 0.1) is 5.92 Å². The molecule has 4 heteroatoms. The van der Waals surface area contributed by atoms with Gasteiger partial charge in [-0.15, -0.1) is 11.6 Å². The molecular weight excluding hydrogens is 216 g/mol. The van der Waals surface area contributed by atoms with Crippen LogP contribution >= 0.6 is 11.6 Å². The number of rotatable bonds is 0. The lowest BCUT2D eigenvalue weighted by Gasteiger charge is -2.23. The van der Waals surface area contributed by atoms with E-state index in [1.807, 2.05) is 6.92 Å². The molecule has 15 heavy (non-hydrogen) atoms. The van der Waals surface area contributed by atoms with Gasteiger partial charge in [-0.25, -0.2) is 4.79 Å². The zero-order chi connectivity index (χ0) is 11.4. The second kappa shape index (κ2) is 5.33. The molecule has 0 amide bonds. The quantitative estimate of drug-likeness (QED) is 0.391. The first-order chi connectivity index (χ1) is 7.00. The van der Waals surface area contributed by atoms with E-state index < -0.39 is 12.1 Å². The molecule has 0 radical (unpaired) electrons. The molecule has 0 saturated carbocycles. The number of esters is 1. The van der Waals surface area contributed by atoms with Crippen LogP contribution in [-0.4, -0.2) is 28.7 Å². The number of hydrogen-bond donors (Lipinski definition) is 1. The molecule has 4 unspecified atom stereocenters. The molecule has 84 valence electrons. The Morgan fingerprint density at radius 3 is 2.67 bits per heavy atom. The molecule has 0 saturated heterocycles. The van der Waals surface area contributed by atoms with Gasteiger partial charge in [-0.2, -0.15) is 0 Å². The van der Waals surface area contributed by atoms with Gasteiger partial charge >= 0.3 is 5.97 Å². The fraction of sp³-hybridized carbons (Fsp3) is 0.545. The molecule has 1 aliphatic rings. The Morgan fingerprint density at radius 2 is 2.00 bits per heavy atom. The van der Waals surface area contributed by atoms with Crippen molar-refractivity contribution in [2.75, 3.05) is 0 Å². The van der Waals surface area contributed by atoms with E-state index in [1.54, 1.807) is 19.1 Å². The fourth-order valence-corrected chi connectivity index (χ4v) is 1.51. The lowest BCUT2D eigenvalue weighted by atomic mass is 10.0. The monoisotopic (exact) mass is 230 g/mol. The van der Waals surface area contributed by atoms with Crippen molar-refractivity contribution in [3.8, 4) is 0 Å². The maximum atomic E-state index is 11.2. The van der Waals surface area contributed by atoms with Crippen LogP contribution in [0.3, 0.4) is 0 Å². The minimum atomic E-state index is -0.792. The lowest BCUT2D eigenvalue weighted by Crippen LogP contribution is -2.27. The number of carbonyl (C=O) groups is 1. The van der Waals surface area contributed by atoms with E-state index in [1.165, 1.54) is 12.2 Å². The predicted octanol–water partition coefficient (Wildman–Crippen LogP) is 1.65. The number of cyclic esters (lactones) is 1. The summed E-state index contributed by atoms with van der Waals surface area (Å²) < 4.78 is 5.10. The summed E-state index contributed by atoms with van der Waals surface area (Å²) in [4.78, 5) is 11.2. The summed E-state index contributed by atoms with van der Waals surface area (Å²) >= 11 is 6.06. The van der Waals surface area contributed by atoms with Crippen molar-refractivity contribution < 1.29 is 14.6 Å². The highest BCUT2D eigenvalue weighted by molar-refractivity contribution is 6.22. The van der Waals surface area contributed by atoms with Crippen LogP contribution in [0.5, 0.6) is 0 Å². The molecule has 0 aliphatic carbocycles. The molecule has 1 rings (SSSR count). The molecule has 0 spiro atoms. The molecular formula is C11H15ClO3. The van der Waals surface area contributed by atoms with Gasteiger partial charge in [0.2, 0.25) is 0 Å². The summed E-state index contributed by atoms with van der Waals surface area (Å²) in [6, 6.07) is 0. The Morgan fingerprint density at radius 1 is 1.33 bits per heavy atom. The summed E-state index contributed by atoms with van der Waals surface area (Å²) in [5.74, 6) is -0.446. The Balaban J connectivity index is 2.84. The molecule has 4 atom stereocenters. The number of alkyl halides is 1. The highest BCUT2D eigenvalue weighted by Gasteiger charge is 2.22. The minimum absolute atomic E-state index is 0.00515. The van der Waals surface area contributed by atoms with E-state index in [0.29, 0.717) is 0 Å². The van der Waals surface area contributed by atoms with Crippen molar-refractivity contribution in [1.82, 2.24) is 0 Å². The largest absolute Gasteiger partial charge is 0.459 e. The maximum absolute atomic E-state index is 11.2. The summed E-state index contributed by atoms with van der Waals surface area (Å²) in [5, 5.41) is 9.12. The fourth-order valence-electron chi connectivity index (χ4n) is 1.23. The van der Waals surface area contributed by atoms with Gasteiger partial charge in [0.1, 0.15) is 6.10 Å². The molecule has 3 nitrogen and oxygen atoms in total. The molecule has 0 bridgehead atoms. The number of ether oxygens (including phenoxy) is 1. The van der Waals surface area contributed by atoms with Crippen molar-refractivity contribution in [2.24, 2.45) is 5.92 Å². The number of allylic oxidation sites excluding steroid dienone is 1. The van der Waals surface area contributed by atoms with E-state index >= 15 is 0 Å². The SMILES string of the molecule is CC1OC(=O)C=CC(O)C=CC(Cl)C1C. The van der Waals surface area contributed by atoms with Gasteiger partial charge in [-0.1, -0.05) is 19.1 Å². The van der Waals surface area contributed by atoms with Gasteiger partial charge in [-0.3, -0.25) is 0 Å². The maximum Gasteiger partial charge on any atom is 0.330 e. The van der Waals surface area contributed by atoms with Gasteiger partial charge in [-0.05, 0) is 13.0 Å². The van der Waals surface area contributed by atoms with Crippen molar-refractivity contribution in [1.29, 1.82) is 0 Å². The summed E-state index contributed by atoms with van der Waals surface area (Å²) in [6.07, 6.45) is 4.84. The van der Waals surface area contributed by atoms with E-state index in [9.17, 15) is 9.90 Å². The third kappa shape index (κ3) is 3.68. The summed E-state index contributed by atoms with van der Waals surface area (Å²) in [5.41, 5.74) is 0. The Hall–Kier alpha value is -0.800. The second-order valence-corrected chi connectivity index (χ2v) is 4.18. The molecule has 0 fully saturated rings. The summed E-state index contributed by atoms with van der Waals surface area (Å²) in [6.45, 7) is 3.70. The van der Waals surface area contributed by atoms with Gasteiger partial charge in [0, 0.05) is 12.0 Å². The van der Waals surface area contributed by atoms with E-state index in [-0.39, 0.29) is 17.4 Å². The standard InChI is InChI=1S/C11H15ClO3/c1-7-8(2)15-11(14)6-4-9(13)3-5-10(7)12/h3-10,13H,1-2H3. The minimum Gasteiger partial charge on any atom is -0.459 e. The first kappa shape index (κ1) is 12.3. The van der Waals surface area contributed by atoms with Crippen LogP contribution in [0.4, 0.5) is 0 Å². The van der Waals surface area contributed by atoms with Gasteiger partial charge in [0.05, 0.1) is 11.5 Å². The Labute approximate surface area is 94.4 Å². The van der Waals surface area contributed by atoms with Crippen LogP contribution in [0.1, 0.15) is 13.8 Å². The van der Waals surface area contributed by atoms with Crippen molar-refractivity contribution >= 4 is 17.6 Å². The molecule has 1 aliphatic heterocycles. The number of carbonyl (C=O) groups excluding carboxylic acids is 1.